The third-order valence-electron chi connectivity index (χ3n) is 3.62. The van der Waals surface area contributed by atoms with E-state index >= 15 is 0 Å². The zero-order chi connectivity index (χ0) is 15.5. The van der Waals surface area contributed by atoms with Crippen molar-refractivity contribution in [1.29, 1.82) is 0 Å². The van der Waals surface area contributed by atoms with Gasteiger partial charge in [0.2, 0.25) is 0 Å². The second-order valence-electron chi connectivity index (χ2n) is 4.81. The molecule has 1 amide bonds. The molecule has 0 radical (unpaired) electrons. The number of rotatable bonds is 3. The Bertz CT molecular complexity index is 680. The number of para-hydroxylation sites is 1. The van der Waals surface area contributed by atoms with Gasteiger partial charge in [0.25, 0.3) is 5.91 Å². The molecule has 0 saturated carbocycles. The molecule has 0 aliphatic carbocycles. The summed E-state index contributed by atoms with van der Waals surface area (Å²) >= 11 is 1.77. The minimum Gasteiger partial charge on any atom is -0.496 e. The monoisotopic (exact) mass is 315 g/mol. The van der Waals surface area contributed by atoms with E-state index < -0.39 is 0 Å². The molecule has 5 heteroatoms. The molecule has 0 atom stereocenters. The van der Waals surface area contributed by atoms with Crippen LogP contribution >= 0.6 is 11.8 Å². The molecule has 3 rings (SSSR count). The Labute approximate surface area is 134 Å². The zero-order valence-electron chi connectivity index (χ0n) is 12.5. The molecule has 1 heterocycles. The van der Waals surface area contributed by atoms with Crippen LogP contribution in [0, 0.1) is 0 Å². The molecule has 114 valence electrons. The van der Waals surface area contributed by atoms with Crippen LogP contribution in [0.2, 0.25) is 0 Å². The summed E-state index contributed by atoms with van der Waals surface area (Å²) < 4.78 is 10.7. The van der Waals surface area contributed by atoms with Crippen molar-refractivity contribution in [3.8, 4) is 11.5 Å². The van der Waals surface area contributed by atoms with Gasteiger partial charge in [-0.1, -0.05) is 18.2 Å². The third kappa shape index (κ3) is 2.52. The molecule has 0 aromatic heterocycles. The average Bonchev–Trinajstić information content (AvgIpc) is 2.59. The van der Waals surface area contributed by atoms with Crippen LogP contribution in [0.4, 0.5) is 5.69 Å². The first-order valence-corrected chi connectivity index (χ1v) is 7.99. The van der Waals surface area contributed by atoms with Gasteiger partial charge in [0.1, 0.15) is 17.1 Å². The summed E-state index contributed by atoms with van der Waals surface area (Å²) in [6, 6.07) is 13.3. The first-order chi connectivity index (χ1) is 10.8. The molecule has 22 heavy (non-hydrogen) atoms. The fourth-order valence-corrected chi connectivity index (χ4v) is 3.57. The van der Waals surface area contributed by atoms with Crippen LogP contribution in [0.3, 0.4) is 0 Å². The SMILES string of the molecule is COc1cccc(OC)c1C(=O)N1CCSc2ccccc21. The van der Waals surface area contributed by atoms with E-state index in [1.165, 1.54) is 0 Å². The Balaban J connectivity index is 2.06. The molecular weight excluding hydrogens is 298 g/mol. The highest BCUT2D eigenvalue weighted by atomic mass is 32.2. The van der Waals surface area contributed by atoms with E-state index in [9.17, 15) is 4.79 Å². The normalized spacial score (nSPS) is 13.5. The minimum atomic E-state index is -0.0953. The number of fused-ring (bicyclic) bond motifs is 1. The predicted molar refractivity (Wildman–Crippen MR) is 88.4 cm³/mol. The van der Waals surface area contributed by atoms with Gasteiger partial charge in [-0.25, -0.2) is 0 Å². The first-order valence-electron chi connectivity index (χ1n) is 7.01. The molecule has 0 bridgehead atoms. The van der Waals surface area contributed by atoms with E-state index in [4.69, 9.17) is 9.47 Å². The maximum Gasteiger partial charge on any atom is 0.265 e. The Morgan fingerprint density at radius 2 is 1.73 bits per heavy atom. The van der Waals surface area contributed by atoms with E-state index in [-0.39, 0.29) is 5.91 Å². The molecule has 2 aromatic carbocycles. The third-order valence-corrected chi connectivity index (χ3v) is 4.66. The maximum absolute atomic E-state index is 13.1. The van der Waals surface area contributed by atoms with Gasteiger partial charge in [-0.3, -0.25) is 4.79 Å². The van der Waals surface area contributed by atoms with E-state index in [1.807, 2.05) is 30.3 Å². The van der Waals surface area contributed by atoms with Gasteiger partial charge < -0.3 is 14.4 Å². The predicted octanol–water partition coefficient (Wildman–Crippen LogP) is 3.46. The van der Waals surface area contributed by atoms with Crippen LogP contribution in [0.25, 0.3) is 0 Å². The van der Waals surface area contributed by atoms with E-state index in [1.54, 1.807) is 43.0 Å². The van der Waals surface area contributed by atoms with E-state index in [2.05, 4.69) is 0 Å². The van der Waals surface area contributed by atoms with Crippen molar-refractivity contribution in [2.24, 2.45) is 0 Å². The lowest BCUT2D eigenvalue weighted by Gasteiger charge is -2.29. The van der Waals surface area contributed by atoms with Crippen molar-refractivity contribution in [3.63, 3.8) is 0 Å². The Morgan fingerprint density at radius 3 is 2.41 bits per heavy atom. The maximum atomic E-state index is 13.1. The van der Waals surface area contributed by atoms with Gasteiger partial charge in [-0.2, -0.15) is 0 Å². The molecule has 2 aromatic rings. The molecule has 0 N–H and O–H groups in total. The Hall–Kier alpha value is -2.14. The number of benzene rings is 2. The van der Waals surface area contributed by atoms with Crippen molar-refractivity contribution >= 4 is 23.4 Å². The summed E-state index contributed by atoms with van der Waals surface area (Å²) in [5.41, 5.74) is 1.41. The van der Waals surface area contributed by atoms with Crippen LogP contribution in [-0.4, -0.2) is 32.4 Å². The highest BCUT2D eigenvalue weighted by molar-refractivity contribution is 7.99. The van der Waals surface area contributed by atoms with Gasteiger partial charge in [-0.05, 0) is 24.3 Å². The highest BCUT2D eigenvalue weighted by Crippen LogP contribution is 2.37. The molecule has 0 saturated heterocycles. The number of hydrogen-bond donors (Lipinski definition) is 0. The fraction of sp³-hybridized carbons (Fsp3) is 0.235. The summed E-state index contributed by atoms with van der Waals surface area (Å²) in [6.45, 7) is 0.668. The first kappa shape index (κ1) is 14.8. The van der Waals surface area contributed by atoms with Crippen molar-refractivity contribution in [3.05, 3.63) is 48.0 Å². The van der Waals surface area contributed by atoms with E-state index in [0.29, 0.717) is 23.6 Å². The molecule has 0 fully saturated rings. The topological polar surface area (TPSA) is 38.8 Å². The number of amides is 1. The Morgan fingerprint density at radius 1 is 1.05 bits per heavy atom. The number of carbonyl (C=O) groups excluding carboxylic acids is 1. The number of hydrogen-bond acceptors (Lipinski definition) is 4. The summed E-state index contributed by atoms with van der Waals surface area (Å²) in [5, 5.41) is 0. The zero-order valence-corrected chi connectivity index (χ0v) is 13.4. The minimum absolute atomic E-state index is 0.0953. The van der Waals surface area contributed by atoms with Crippen molar-refractivity contribution < 1.29 is 14.3 Å². The van der Waals surface area contributed by atoms with Gasteiger partial charge in [-0.15, -0.1) is 11.8 Å². The number of anilines is 1. The number of nitrogens with zero attached hydrogens (tertiary/aromatic N) is 1. The van der Waals surface area contributed by atoms with Crippen LogP contribution < -0.4 is 14.4 Å². The quantitative estimate of drug-likeness (QED) is 0.869. The summed E-state index contributed by atoms with van der Waals surface area (Å²) in [7, 11) is 3.12. The second-order valence-corrected chi connectivity index (χ2v) is 5.95. The lowest BCUT2D eigenvalue weighted by atomic mass is 10.1. The lowest BCUT2D eigenvalue weighted by molar-refractivity contribution is 0.0981. The number of carbonyl (C=O) groups is 1. The standard InChI is InChI=1S/C17H17NO3S/c1-20-13-7-5-8-14(21-2)16(13)17(19)18-10-11-22-15-9-4-3-6-12(15)18/h3-9H,10-11H2,1-2H3. The largest absolute Gasteiger partial charge is 0.496 e. The lowest BCUT2D eigenvalue weighted by Crippen LogP contribution is -2.35. The van der Waals surface area contributed by atoms with E-state index in [0.717, 1.165) is 16.3 Å². The summed E-state index contributed by atoms with van der Waals surface area (Å²) in [5.74, 6) is 1.84. The smallest absolute Gasteiger partial charge is 0.265 e. The number of ether oxygens (including phenoxy) is 2. The highest BCUT2D eigenvalue weighted by Gasteiger charge is 2.28. The van der Waals surface area contributed by atoms with Gasteiger partial charge in [0.15, 0.2) is 0 Å². The molecule has 1 aliphatic rings. The van der Waals surface area contributed by atoms with Crippen molar-refractivity contribution in [2.45, 2.75) is 4.90 Å². The van der Waals surface area contributed by atoms with Gasteiger partial charge >= 0.3 is 0 Å². The molecule has 0 spiro atoms. The van der Waals surface area contributed by atoms with Crippen LogP contribution in [0.5, 0.6) is 11.5 Å². The summed E-state index contributed by atoms with van der Waals surface area (Å²) in [4.78, 5) is 16.0. The Kier molecular flexibility index (Phi) is 4.24. The summed E-state index contributed by atoms with van der Waals surface area (Å²) in [6.07, 6.45) is 0. The fourth-order valence-electron chi connectivity index (χ4n) is 2.58. The molecule has 0 unspecified atom stereocenters. The number of methoxy groups -OCH3 is 2. The van der Waals surface area contributed by atoms with Crippen molar-refractivity contribution in [2.75, 3.05) is 31.4 Å². The van der Waals surface area contributed by atoms with Crippen LogP contribution in [0.1, 0.15) is 10.4 Å². The molecule has 4 nitrogen and oxygen atoms in total. The second kappa shape index (κ2) is 6.32. The van der Waals surface area contributed by atoms with Gasteiger partial charge in [0.05, 0.1) is 19.9 Å². The van der Waals surface area contributed by atoms with Gasteiger partial charge in [0, 0.05) is 17.2 Å². The average molecular weight is 315 g/mol. The molecular formula is C17H17NO3S. The van der Waals surface area contributed by atoms with Crippen LogP contribution in [0.15, 0.2) is 47.4 Å². The van der Waals surface area contributed by atoms with Crippen LogP contribution in [-0.2, 0) is 0 Å². The molecule has 1 aliphatic heterocycles. The van der Waals surface area contributed by atoms with Crippen molar-refractivity contribution in [1.82, 2.24) is 0 Å². The number of thioether (sulfide) groups is 1.